The average molecular weight is 160 g/mol. The molecule has 0 fully saturated rings. The Kier molecular flexibility index (Phi) is 1.92. The lowest BCUT2D eigenvalue weighted by Crippen LogP contribution is -2.09. The molecule has 0 N–H and O–H groups in total. The van der Waals surface area contributed by atoms with Gasteiger partial charge in [0.1, 0.15) is 0 Å². The predicted molar refractivity (Wildman–Crippen MR) is 52.9 cm³/mol. The van der Waals surface area contributed by atoms with E-state index in [-0.39, 0.29) is 0 Å². The highest BCUT2D eigenvalue weighted by Crippen LogP contribution is 2.35. The van der Waals surface area contributed by atoms with Crippen LogP contribution in [0.15, 0.2) is 34.9 Å². The van der Waals surface area contributed by atoms with E-state index in [1.807, 2.05) is 0 Å². The smallest absolute Gasteiger partial charge is 0.0188 e. The summed E-state index contributed by atoms with van der Waals surface area (Å²) in [7, 11) is 0. The second-order valence-corrected chi connectivity index (χ2v) is 3.90. The molecule has 0 aromatic heterocycles. The van der Waals surface area contributed by atoms with Gasteiger partial charge in [-0.3, -0.25) is 0 Å². The SMILES string of the molecule is CC1=CCCC2=C1C=CCC2C. The van der Waals surface area contributed by atoms with Crippen molar-refractivity contribution in [2.75, 3.05) is 0 Å². The van der Waals surface area contributed by atoms with E-state index in [0.29, 0.717) is 0 Å². The van der Waals surface area contributed by atoms with Crippen LogP contribution in [0.1, 0.15) is 33.1 Å². The van der Waals surface area contributed by atoms with Crippen molar-refractivity contribution in [3.63, 3.8) is 0 Å². The van der Waals surface area contributed by atoms with Gasteiger partial charge in [-0.15, -0.1) is 0 Å². The fraction of sp³-hybridized carbons (Fsp3) is 0.500. The summed E-state index contributed by atoms with van der Waals surface area (Å²) in [5.41, 5.74) is 4.71. The van der Waals surface area contributed by atoms with Gasteiger partial charge in [-0.05, 0) is 43.3 Å². The summed E-state index contributed by atoms with van der Waals surface area (Å²) in [6, 6.07) is 0. The number of allylic oxidation sites excluding steroid dienone is 6. The summed E-state index contributed by atoms with van der Waals surface area (Å²) in [5, 5.41) is 0. The van der Waals surface area contributed by atoms with E-state index in [9.17, 15) is 0 Å². The van der Waals surface area contributed by atoms with Crippen molar-refractivity contribution in [1.29, 1.82) is 0 Å². The van der Waals surface area contributed by atoms with Crippen molar-refractivity contribution in [2.45, 2.75) is 33.1 Å². The topological polar surface area (TPSA) is 0 Å². The predicted octanol–water partition coefficient (Wildman–Crippen LogP) is 3.62. The summed E-state index contributed by atoms with van der Waals surface area (Å²) in [4.78, 5) is 0. The fourth-order valence-electron chi connectivity index (χ4n) is 2.22. The van der Waals surface area contributed by atoms with Crippen LogP contribution in [0.25, 0.3) is 0 Å². The summed E-state index contributed by atoms with van der Waals surface area (Å²) in [6.07, 6.45) is 10.8. The molecule has 0 nitrogen and oxygen atoms in total. The van der Waals surface area contributed by atoms with Crippen LogP contribution in [0.3, 0.4) is 0 Å². The van der Waals surface area contributed by atoms with E-state index in [4.69, 9.17) is 0 Å². The van der Waals surface area contributed by atoms with Crippen LogP contribution in [0.5, 0.6) is 0 Å². The molecule has 0 saturated heterocycles. The molecule has 0 bridgehead atoms. The van der Waals surface area contributed by atoms with Crippen LogP contribution < -0.4 is 0 Å². The Morgan fingerprint density at radius 2 is 2.25 bits per heavy atom. The first-order valence-corrected chi connectivity index (χ1v) is 4.86. The largest absolute Gasteiger partial charge is 0.0833 e. The molecular weight excluding hydrogens is 144 g/mol. The van der Waals surface area contributed by atoms with Crippen LogP contribution >= 0.6 is 0 Å². The van der Waals surface area contributed by atoms with E-state index >= 15 is 0 Å². The van der Waals surface area contributed by atoms with E-state index in [0.717, 1.165) is 5.92 Å². The van der Waals surface area contributed by atoms with E-state index < -0.39 is 0 Å². The van der Waals surface area contributed by atoms with Gasteiger partial charge >= 0.3 is 0 Å². The molecular formula is C12H16. The van der Waals surface area contributed by atoms with E-state index in [1.165, 1.54) is 30.4 Å². The highest BCUT2D eigenvalue weighted by atomic mass is 14.2. The normalized spacial score (nSPS) is 28.5. The number of hydrogen-bond acceptors (Lipinski definition) is 0. The highest BCUT2D eigenvalue weighted by Gasteiger charge is 2.18. The Morgan fingerprint density at radius 1 is 1.42 bits per heavy atom. The van der Waals surface area contributed by atoms with Crippen molar-refractivity contribution in [2.24, 2.45) is 5.92 Å². The van der Waals surface area contributed by atoms with E-state index in [2.05, 4.69) is 32.1 Å². The van der Waals surface area contributed by atoms with Gasteiger partial charge in [0.2, 0.25) is 0 Å². The quantitative estimate of drug-likeness (QED) is 0.507. The molecule has 0 amide bonds. The van der Waals surface area contributed by atoms with Crippen LogP contribution in [0.4, 0.5) is 0 Å². The Hall–Kier alpha value is -0.780. The van der Waals surface area contributed by atoms with Gasteiger partial charge in [-0.1, -0.05) is 30.7 Å². The monoisotopic (exact) mass is 160 g/mol. The Bertz CT molecular complexity index is 276. The second-order valence-electron chi connectivity index (χ2n) is 3.90. The van der Waals surface area contributed by atoms with Crippen molar-refractivity contribution in [3.8, 4) is 0 Å². The zero-order chi connectivity index (χ0) is 8.55. The first-order valence-electron chi connectivity index (χ1n) is 4.86. The van der Waals surface area contributed by atoms with Crippen molar-refractivity contribution in [3.05, 3.63) is 34.9 Å². The third kappa shape index (κ3) is 1.16. The molecule has 2 aliphatic rings. The molecule has 0 saturated carbocycles. The molecule has 12 heavy (non-hydrogen) atoms. The van der Waals surface area contributed by atoms with Gasteiger partial charge in [-0.25, -0.2) is 0 Å². The molecule has 2 aliphatic carbocycles. The fourth-order valence-corrected chi connectivity index (χ4v) is 2.22. The maximum Gasteiger partial charge on any atom is -0.0188 e. The lowest BCUT2D eigenvalue weighted by molar-refractivity contribution is 0.634. The Morgan fingerprint density at radius 3 is 3.00 bits per heavy atom. The lowest BCUT2D eigenvalue weighted by Gasteiger charge is -2.25. The van der Waals surface area contributed by atoms with Crippen LogP contribution in [-0.2, 0) is 0 Å². The minimum atomic E-state index is 0.786. The number of rotatable bonds is 0. The minimum absolute atomic E-state index is 0.786. The molecule has 1 atom stereocenters. The molecule has 0 aliphatic heterocycles. The first kappa shape index (κ1) is 7.85. The van der Waals surface area contributed by atoms with Crippen molar-refractivity contribution >= 4 is 0 Å². The summed E-state index contributed by atoms with van der Waals surface area (Å²) < 4.78 is 0. The second kappa shape index (κ2) is 2.93. The van der Waals surface area contributed by atoms with Crippen molar-refractivity contribution in [1.82, 2.24) is 0 Å². The van der Waals surface area contributed by atoms with Gasteiger partial charge < -0.3 is 0 Å². The van der Waals surface area contributed by atoms with Gasteiger partial charge in [0.15, 0.2) is 0 Å². The third-order valence-corrected chi connectivity index (χ3v) is 3.00. The van der Waals surface area contributed by atoms with Gasteiger partial charge in [-0.2, -0.15) is 0 Å². The minimum Gasteiger partial charge on any atom is -0.0833 e. The molecule has 0 radical (unpaired) electrons. The summed E-state index contributed by atoms with van der Waals surface area (Å²) in [5.74, 6) is 0.786. The maximum absolute atomic E-state index is 2.36. The van der Waals surface area contributed by atoms with Crippen molar-refractivity contribution < 1.29 is 0 Å². The van der Waals surface area contributed by atoms with Gasteiger partial charge in [0.05, 0.1) is 0 Å². The van der Waals surface area contributed by atoms with Gasteiger partial charge in [0, 0.05) is 0 Å². The van der Waals surface area contributed by atoms with E-state index in [1.54, 1.807) is 5.57 Å². The molecule has 1 unspecified atom stereocenters. The maximum atomic E-state index is 2.36. The molecule has 2 rings (SSSR count). The summed E-state index contributed by atoms with van der Waals surface area (Å²) in [6.45, 7) is 4.58. The van der Waals surface area contributed by atoms with Gasteiger partial charge in [0.25, 0.3) is 0 Å². The third-order valence-electron chi connectivity index (χ3n) is 3.00. The number of hydrogen-bond donors (Lipinski definition) is 0. The van der Waals surface area contributed by atoms with Crippen LogP contribution in [0, 0.1) is 5.92 Å². The summed E-state index contributed by atoms with van der Waals surface area (Å²) >= 11 is 0. The lowest BCUT2D eigenvalue weighted by atomic mass is 9.80. The molecule has 0 heteroatoms. The van der Waals surface area contributed by atoms with Crippen LogP contribution in [0.2, 0.25) is 0 Å². The molecule has 0 aromatic rings. The zero-order valence-electron chi connectivity index (χ0n) is 7.93. The average Bonchev–Trinajstić information content (AvgIpc) is 2.07. The zero-order valence-corrected chi connectivity index (χ0v) is 7.93. The Balaban J connectivity index is 2.41. The molecule has 0 aromatic carbocycles. The molecule has 64 valence electrons. The first-order chi connectivity index (χ1) is 5.79. The highest BCUT2D eigenvalue weighted by molar-refractivity contribution is 5.47. The Labute approximate surface area is 74.7 Å². The molecule has 0 heterocycles. The standard InChI is InChI=1S/C12H16/c1-9-5-3-8-12-10(2)6-4-7-11(9)12/h3,6,8-9H,4-5,7H2,1-2H3. The van der Waals surface area contributed by atoms with Crippen LogP contribution in [-0.4, -0.2) is 0 Å². The molecule has 0 spiro atoms.